The number of hydrogen-bond acceptors (Lipinski definition) is 2. The van der Waals surface area contributed by atoms with Crippen molar-refractivity contribution in [2.45, 2.75) is 32.1 Å². The molecule has 0 aromatic heterocycles. The minimum Gasteiger partial charge on any atom is -0.330 e. The monoisotopic (exact) mass is 332 g/mol. The molecule has 2 aromatic rings. The van der Waals surface area contributed by atoms with Gasteiger partial charge in [0, 0.05) is 17.7 Å². The van der Waals surface area contributed by atoms with E-state index in [1.54, 1.807) is 0 Å². The molecule has 3 nitrogen and oxygen atoms in total. The Morgan fingerprint density at radius 1 is 0.870 bits per heavy atom. The number of para-hydroxylation sites is 1. The van der Waals surface area contributed by atoms with Crippen LogP contribution in [-0.2, 0) is 4.79 Å². The second-order valence-electron chi connectivity index (χ2n) is 5.41. The van der Waals surface area contributed by atoms with Crippen LogP contribution in [0, 0.1) is 0 Å². The van der Waals surface area contributed by atoms with Crippen LogP contribution in [0.2, 0.25) is 0 Å². The summed E-state index contributed by atoms with van der Waals surface area (Å²) in [5.41, 5.74) is 8.51. The Hall–Kier alpha value is -1.84. The normalized spacial score (nSPS) is 9.96. The van der Waals surface area contributed by atoms with Gasteiger partial charge in [-0.15, -0.1) is 12.4 Å². The molecule has 0 aliphatic heterocycles. The van der Waals surface area contributed by atoms with Crippen LogP contribution in [-0.4, -0.2) is 12.5 Å². The van der Waals surface area contributed by atoms with Gasteiger partial charge < -0.3 is 11.1 Å². The summed E-state index contributed by atoms with van der Waals surface area (Å²) in [6.45, 7) is 0.733. The maximum absolute atomic E-state index is 12.1. The average Bonchev–Trinajstić information content (AvgIpc) is 2.56. The first-order valence-electron chi connectivity index (χ1n) is 7.95. The van der Waals surface area contributed by atoms with E-state index in [0.29, 0.717) is 6.42 Å². The van der Waals surface area contributed by atoms with Gasteiger partial charge in [-0.05, 0) is 31.0 Å². The average molecular weight is 333 g/mol. The SMILES string of the molecule is Cl.NCCCCCCC(=O)Nc1ccccc1-c1ccccc1. The van der Waals surface area contributed by atoms with Crippen LogP contribution in [0.3, 0.4) is 0 Å². The van der Waals surface area contributed by atoms with Gasteiger partial charge in [0.2, 0.25) is 5.91 Å². The molecule has 0 fully saturated rings. The van der Waals surface area contributed by atoms with E-state index in [4.69, 9.17) is 5.73 Å². The van der Waals surface area contributed by atoms with E-state index in [2.05, 4.69) is 17.4 Å². The van der Waals surface area contributed by atoms with Crippen LogP contribution in [0.15, 0.2) is 54.6 Å². The van der Waals surface area contributed by atoms with E-state index in [1.807, 2.05) is 42.5 Å². The Kier molecular flexibility index (Phi) is 9.03. The van der Waals surface area contributed by atoms with Crippen LogP contribution in [0.25, 0.3) is 11.1 Å². The number of hydrogen-bond donors (Lipinski definition) is 2. The predicted molar refractivity (Wildman–Crippen MR) is 99.9 cm³/mol. The molecule has 0 heterocycles. The Morgan fingerprint density at radius 2 is 1.52 bits per heavy atom. The van der Waals surface area contributed by atoms with E-state index in [1.165, 1.54) is 0 Å². The van der Waals surface area contributed by atoms with Crippen molar-refractivity contribution in [2.75, 3.05) is 11.9 Å². The molecule has 2 rings (SSSR count). The number of nitrogens with one attached hydrogen (secondary N) is 1. The molecule has 0 unspecified atom stereocenters. The zero-order valence-corrected chi connectivity index (χ0v) is 14.1. The zero-order chi connectivity index (χ0) is 15.6. The Balaban J connectivity index is 0.00000264. The van der Waals surface area contributed by atoms with Gasteiger partial charge in [-0.25, -0.2) is 0 Å². The lowest BCUT2D eigenvalue weighted by molar-refractivity contribution is -0.116. The number of anilines is 1. The summed E-state index contributed by atoms with van der Waals surface area (Å²) in [5.74, 6) is 0.0797. The lowest BCUT2D eigenvalue weighted by Gasteiger charge is -2.11. The summed E-state index contributed by atoms with van der Waals surface area (Å²) in [5, 5.41) is 3.04. The first-order valence-corrected chi connectivity index (χ1v) is 7.95. The molecule has 0 saturated carbocycles. The standard InChI is InChI=1S/C19H24N2O.ClH/c20-15-9-2-1-6-14-19(22)21-18-13-8-7-12-17(18)16-10-4-3-5-11-16;/h3-5,7-8,10-13H,1-2,6,9,14-15,20H2,(H,21,22);1H. The van der Waals surface area contributed by atoms with Crippen molar-refractivity contribution in [2.24, 2.45) is 5.73 Å². The topological polar surface area (TPSA) is 55.1 Å². The highest BCUT2D eigenvalue weighted by molar-refractivity contribution is 5.95. The van der Waals surface area contributed by atoms with E-state index >= 15 is 0 Å². The van der Waals surface area contributed by atoms with Crippen molar-refractivity contribution in [1.29, 1.82) is 0 Å². The molecule has 2 aromatic carbocycles. The number of halogens is 1. The molecule has 0 aliphatic carbocycles. The highest BCUT2D eigenvalue weighted by atomic mass is 35.5. The van der Waals surface area contributed by atoms with Crippen molar-refractivity contribution in [3.63, 3.8) is 0 Å². The fraction of sp³-hybridized carbons (Fsp3) is 0.316. The van der Waals surface area contributed by atoms with Crippen molar-refractivity contribution in [3.8, 4) is 11.1 Å². The van der Waals surface area contributed by atoms with Gasteiger partial charge in [-0.1, -0.05) is 61.4 Å². The van der Waals surface area contributed by atoms with Crippen LogP contribution in [0.4, 0.5) is 5.69 Å². The van der Waals surface area contributed by atoms with Gasteiger partial charge in [0.15, 0.2) is 0 Å². The number of benzene rings is 2. The molecular formula is C19H25ClN2O. The van der Waals surface area contributed by atoms with Crippen molar-refractivity contribution < 1.29 is 4.79 Å². The van der Waals surface area contributed by atoms with Gasteiger partial charge in [0.1, 0.15) is 0 Å². The molecule has 23 heavy (non-hydrogen) atoms. The highest BCUT2D eigenvalue weighted by Crippen LogP contribution is 2.27. The third kappa shape index (κ3) is 6.43. The highest BCUT2D eigenvalue weighted by Gasteiger charge is 2.07. The molecule has 0 aliphatic rings. The van der Waals surface area contributed by atoms with Gasteiger partial charge in [0.05, 0.1) is 0 Å². The third-order valence-corrected chi connectivity index (χ3v) is 3.64. The molecule has 0 atom stereocenters. The van der Waals surface area contributed by atoms with Crippen molar-refractivity contribution in [3.05, 3.63) is 54.6 Å². The predicted octanol–water partition coefficient (Wildman–Crippen LogP) is 4.62. The lowest BCUT2D eigenvalue weighted by Crippen LogP contribution is -2.12. The van der Waals surface area contributed by atoms with Crippen LogP contribution >= 0.6 is 12.4 Å². The van der Waals surface area contributed by atoms with Crippen molar-refractivity contribution in [1.82, 2.24) is 0 Å². The number of unbranched alkanes of at least 4 members (excludes halogenated alkanes) is 3. The quantitative estimate of drug-likeness (QED) is 0.693. The molecule has 4 heteroatoms. The minimum absolute atomic E-state index is 0. The zero-order valence-electron chi connectivity index (χ0n) is 13.3. The summed E-state index contributed by atoms with van der Waals surface area (Å²) in [6.07, 6.45) is 4.68. The van der Waals surface area contributed by atoms with Gasteiger partial charge >= 0.3 is 0 Å². The molecule has 0 saturated heterocycles. The first-order chi connectivity index (χ1) is 10.8. The fourth-order valence-corrected chi connectivity index (χ4v) is 2.46. The molecule has 1 amide bonds. The van der Waals surface area contributed by atoms with Crippen LogP contribution < -0.4 is 11.1 Å². The van der Waals surface area contributed by atoms with E-state index in [0.717, 1.165) is 49.0 Å². The molecule has 124 valence electrons. The summed E-state index contributed by atoms with van der Waals surface area (Å²) < 4.78 is 0. The second-order valence-corrected chi connectivity index (χ2v) is 5.41. The van der Waals surface area contributed by atoms with Crippen LogP contribution in [0.1, 0.15) is 32.1 Å². The minimum atomic E-state index is 0. The number of carbonyl (C=O) groups is 1. The molecule has 3 N–H and O–H groups in total. The number of amides is 1. The molecular weight excluding hydrogens is 308 g/mol. The Morgan fingerprint density at radius 3 is 2.26 bits per heavy atom. The second kappa shape index (κ2) is 10.8. The van der Waals surface area contributed by atoms with Crippen molar-refractivity contribution >= 4 is 24.0 Å². The maximum Gasteiger partial charge on any atom is 0.224 e. The largest absolute Gasteiger partial charge is 0.330 e. The lowest BCUT2D eigenvalue weighted by atomic mass is 10.0. The summed E-state index contributed by atoms with van der Waals surface area (Å²) >= 11 is 0. The fourth-order valence-electron chi connectivity index (χ4n) is 2.46. The Labute approximate surface area is 144 Å². The van der Waals surface area contributed by atoms with Crippen LogP contribution in [0.5, 0.6) is 0 Å². The first kappa shape index (κ1) is 19.2. The maximum atomic E-state index is 12.1. The smallest absolute Gasteiger partial charge is 0.224 e. The number of carbonyl (C=O) groups excluding carboxylic acids is 1. The molecule has 0 bridgehead atoms. The number of nitrogens with two attached hydrogens (primary N) is 1. The Bertz CT molecular complexity index is 587. The van der Waals surface area contributed by atoms with Gasteiger partial charge in [0.25, 0.3) is 0 Å². The van der Waals surface area contributed by atoms with E-state index in [-0.39, 0.29) is 18.3 Å². The van der Waals surface area contributed by atoms with E-state index in [9.17, 15) is 4.79 Å². The summed E-state index contributed by atoms with van der Waals surface area (Å²) in [7, 11) is 0. The number of rotatable bonds is 8. The molecule has 0 radical (unpaired) electrons. The third-order valence-electron chi connectivity index (χ3n) is 3.64. The van der Waals surface area contributed by atoms with Gasteiger partial charge in [-0.2, -0.15) is 0 Å². The summed E-state index contributed by atoms with van der Waals surface area (Å²) in [6, 6.07) is 18.0. The van der Waals surface area contributed by atoms with E-state index < -0.39 is 0 Å². The summed E-state index contributed by atoms with van der Waals surface area (Å²) in [4.78, 5) is 12.1. The van der Waals surface area contributed by atoms with Gasteiger partial charge in [-0.3, -0.25) is 4.79 Å². The molecule has 0 spiro atoms.